The van der Waals surface area contributed by atoms with Crippen molar-refractivity contribution in [3.8, 4) is 0 Å². The van der Waals surface area contributed by atoms with Crippen LogP contribution in [0.2, 0.25) is 0 Å². The van der Waals surface area contributed by atoms with E-state index in [1.165, 1.54) is 167 Å². The van der Waals surface area contributed by atoms with Crippen molar-refractivity contribution in [3.05, 3.63) is 0 Å². The van der Waals surface area contributed by atoms with Gasteiger partial charge in [-0.1, -0.05) is 305 Å². The van der Waals surface area contributed by atoms with Crippen molar-refractivity contribution >= 4 is 39.5 Å². The molecule has 0 bridgehead atoms. The fourth-order valence-electron chi connectivity index (χ4n) is 10.7. The van der Waals surface area contributed by atoms with Gasteiger partial charge in [0, 0.05) is 25.7 Å². The van der Waals surface area contributed by atoms with Crippen LogP contribution in [-0.2, 0) is 65.4 Å². The first-order chi connectivity index (χ1) is 43.3. The summed E-state index contributed by atoms with van der Waals surface area (Å²) in [5.74, 6) is 0.158. The number of unbranched alkanes of at least 4 members (excludes halogenated alkanes) is 36. The topological polar surface area (TPSA) is 237 Å². The molecule has 90 heavy (non-hydrogen) atoms. The second kappa shape index (κ2) is 61.9. The third-order valence-electron chi connectivity index (χ3n) is 16.7. The van der Waals surface area contributed by atoms with E-state index in [2.05, 4.69) is 48.5 Å². The molecular formula is C71H138O17P2. The second-order valence-electron chi connectivity index (χ2n) is 26.8. The van der Waals surface area contributed by atoms with Crippen LogP contribution in [0.15, 0.2) is 0 Å². The van der Waals surface area contributed by atoms with E-state index in [9.17, 15) is 43.2 Å². The normalized spacial score (nSPS) is 14.5. The van der Waals surface area contributed by atoms with Crippen LogP contribution >= 0.6 is 15.6 Å². The Balaban J connectivity index is 5.22. The molecule has 0 radical (unpaired) electrons. The van der Waals surface area contributed by atoms with E-state index in [0.717, 1.165) is 102 Å². The Kier molecular flexibility index (Phi) is 60.6. The van der Waals surface area contributed by atoms with Gasteiger partial charge >= 0.3 is 39.5 Å². The van der Waals surface area contributed by atoms with Gasteiger partial charge in [-0.2, -0.15) is 0 Å². The molecule has 0 aromatic rings. The van der Waals surface area contributed by atoms with Crippen LogP contribution in [0.1, 0.15) is 357 Å². The van der Waals surface area contributed by atoms with Crippen LogP contribution in [0.5, 0.6) is 0 Å². The van der Waals surface area contributed by atoms with Gasteiger partial charge < -0.3 is 33.8 Å². The average molecular weight is 1330 g/mol. The standard InChI is InChI=1S/C71H138O17P2/c1-8-10-11-12-13-14-24-31-38-45-52-68(73)81-59-67(88-71(76)55-48-41-34-27-29-36-43-50-63(5)6)61-86-90(79,80)84-57-65(72)56-83-89(77,78)85-60-66(58-82-69(74)53-46-39-32-26-21-22-28-35-42-49-62(3)4)87-70(75)54-47-40-33-25-20-18-16-15-17-19-23-30-37-44-51-64(7)9-2/h62-67,72H,8-61H2,1-7H3,(H,77,78)(H,79,80)/t64?,65-,66-,67-/m1/s1. The summed E-state index contributed by atoms with van der Waals surface area (Å²) in [6.07, 6.45) is 45.8. The molecule has 534 valence electrons. The van der Waals surface area contributed by atoms with E-state index in [4.69, 9.17) is 37.0 Å². The van der Waals surface area contributed by atoms with Crippen molar-refractivity contribution in [1.29, 1.82) is 0 Å². The molecule has 3 N–H and O–H groups in total. The summed E-state index contributed by atoms with van der Waals surface area (Å²) in [6.45, 7) is 11.8. The Labute approximate surface area is 549 Å². The van der Waals surface area contributed by atoms with Gasteiger partial charge in [-0.15, -0.1) is 0 Å². The summed E-state index contributed by atoms with van der Waals surface area (Å²) in [5.41, 5.74) is 0. The highest BCUT2D eigenvalue weighted by Gasteiger charge is 2.30. The van der Waals surface area contributed by atoms with Gasteiger partial charge in [-0.05, 0) is 43.4 Å². The smallest absolute Gasteiger partial charge is 0.462 e. The lowest BCUT2D eigenvalue weighted by molar-refractivity contribution is -0.161. The maximum Gasteiger partial charge on any atom is 0.472 e. The molecule has 0 aliphatic rings. The van der Waals surface area contributed by atoms with E-state index in [-0.39, 0.29) is 25.7 Å². The molecule has 0 aliphatic heterocycles. The molecule has 3 unspecified atom stereocenters. The maximum atomic E-state index is 13.0. The Morgan fingerprint density at radius 2 is 0.567 bits per heavy atom. The predicted molar refractivity (Wildman–Crippen MR) is 363 cm³/mol. The Morgan fingerprint density at radius 1 is 0.322 bits per heavy atom. The number of rotatable bonds is 69. The second-order valence-corrected chi connectivity index (χ2v) is 29.7. The fourth-order valence-corrected chi connectivity index (χ4v) is 12.3. The first-order valence-corrected chi connectivity index (χ1v) is 39.9. The number of ether oxygens (including phenoxy) is 4. The van der Waals surface area contributed by atoms with Gasteiger partial charge in [0.15, 0.2) is 12.2 Å². The van der Waals surface area contributed by atoms with Gasteiger partial charge in [-0.25, -0.2) is 9.13 Å². The summed E-state index contributed by atoms with van der Waals surface area (Å²) < 4.78 is 68.3. The van der Waals surface area contributed by atoms with Gasteiger partial charge in [-0.3, -0.25) is 37.3 Å². The fraction of sp³-hybridized carbons (Fsp3) is 0.944. The number of carbonyl (C=O) groups excluding carboxylic acids is 4. The van der Waals surface area contributed by atoms with E-state index >= 15 is 0 Å². The van der Waals surface area contributed by atoms with Crippen LogP contribution in [0.3, 0.4) is 0 Å². The van der Waals surface area contributed by atoms with Crippen LogP contribution in [-0.4, -0.2) is 96.7 Å². The first-order valence-electron chi connectivity index (χ1n) is 36.9. The van der Waals surface area contributed by atoms with Crippen LogP contribution in [0.4, 0.5) is 0 Å². The van der Waals surface area contributed by atoms with E-state index in [0.29, 0.717) is 31.6 Å². The molecule has 0 saturated carbocycles. The van der Waals surface area contributed by atoms with Gasteiger partial charge in [0.05, 0.1) is 26.4 Å². The molecule has 0 spiro atoms. The number of esters is 4. The Bertz CT molecular complexity index is 1770. The highest BCUT2D eigenvalue weighted by Crippen LogP contribution is 2.45. The molecule has 0 aliphatic carbocycles. The number of carbonyl (C=O) groups is 4. The van der Waals surface area contributed by atoms with Crippen LogP contribution in [0.25, 0.3) is 0 Å². The van der Waals surface area contributed by atoms with Crippen molar-refractivity contribution in [1.82, 2.24) is 0 Å². The first kappa shape index (κ1) is 88.1. The molecule has 0 aromatic carbocycles. The SMILES string of the molecule is CCCCCCCCCCCCC(=O)OC[C@H](COP(=O)(O)OC[C@H](O)COP(=O)(O)OC[C@@H](COC(=O)CCCCCCCCCCCC(C)C)OC(=O)CCCCCCCCCCCCCCCCC(C)CC)OC(=O)CCCCCCCCCC(C)C. The molecule has 0 aromatic heterocycles. The molecule has 0 rings (SSSR count). The minimum Gasteiger partial charge on any atom is -0.462 e. The lowest BCUT2D eigenvalue weighted by atomic mass is 9.99. The molecule has 19 heteroatoms. The minimum absolute atomic E-state index is 0.103. The van der Waals surface area contributed by atoms with Crippen molar-refractivity contribution in [2.75, 3.05) is 39.6 Å². The summed E-state index contributed by atoms with van der Waals surface area (Å²) in [7, 11) is -9.90. The van der Waals surface area contributed by atoms with Crippen molar-refractivity contribution < 1.29 is 80.2 Å². The molecule has 0 saturated heterocycles. The van der Waals surface area contributed by atoms with Crippen molar-refractivity contribution in [3.63, 3.8) is 0 Å². The minimum atomic E-state index is -4.95. The third kappa shape index (κ3) is 63.5. The van der Waals surface area contributed by atoms with Crippen LogP contribution < -0.4 is 0 Å². The zero-order valence-corrected chi connectivity index (χ0v) is 60.4. The van der Waals surface area contributed by atoms with E-state index < -0.39 is 97.5 Å². The zero-order valence-electron chi connectivity index (χ0n) is 58.6. The molecule has 0 fully saturated rings. The number of aliphatic hydroxyl groups excluding tert-OH is 1. The summed E-state index contributed by atoms with van der Waals surface area (Å²) >= 11 is 0. The number of hydrogen-bond acceptors (Lipinski definition) is 15. The molecule has 17 nitrogen and oxygen atoms in total. The zero-order chi connectivity index (χ0) is 66.6. The Morgan fingerprint density at radius 3 is 0.844 bits per heavy atom. The highest BCUT2D eigenvalue weighted by atomic mass is 31.2. The van der Waals surface area contributed by atoms with Crippen molar-refractivity contribution in [2.24, 2.45) is 17.8 Å². The summed E-state index contributed by atoms with van der Waals surface area (Å²) in [5, 5.41) is 10.6. The van der Waals surface area contributed by atoms with Gasteiger partial charge in [0.2, 0.25) is 0 Å². The number of phosphoric ester groups is 2. The largest absolute Gasteiger partial charge is 0.472 e. The molecular weight excluding hydrogens is 1190 g/mol. The average Bonchev–Trinajstić information content (AvgIpc) is 3.67. The quantitative estimate of drug-likeness (QED) is 0.0222. The highest BCUT2D eigenvalue weighted by molar-refractivity contribution is 7.47. The summed E-state index contributed by atoms with van der Waals surface area (Å²) in [6, 6.07) is 0. The third-order valence-corrected chi connectivity index (χ3v) is 18.6. The molecule has 0 amide bonds. The molecule has 6 atom stereocenters. The van der Waals surface area contributed by atoms with Gasteiger partial charge in [0.25, 0.3) is 0 Å². The predicted octanol–water partition coefficient (Wildman–Crippen LogP) is 20.2. The number of aliphatic hydroxyl groups is 1. The van der Waals surface area contributed by atoms with Crippen LogP contribution in [0, 0.1) is 17.8 Å². The lowest BCUT2D eigenvalue weighted by Crippen LogP contribution is -2.30. The molecule has 0 heterocycles. The maximum absolute atomic E-state index is 13.0. The van der Waals surface area contributed by atoms with E-state index in [1.807, 2.05) is 0 Å². The summed E-state index contributed by atoms with van der Waals surface area (Å²) in [4.78, 5) is 72.5. The lowest BCUT2D eigenvalue weighted by Gasteiger charge is -2.21. The monoisotopic (exact) mass is 1320 g/mol. The van der Waals surface area contributed by atoms with Gasteiger partial charge in [0.1, 0.15) is 19.3 Å². The number of hydrogen-bond donors (Lipinski definition) is 3. The number of phosphoric acid groups is 2. The van der Waals surface area contributed by atoms with Crippen molar-refractivity contribution in [2.45, 2.75) is 375 Å². The Hall–Kier alpha value is -1.94. The van der Waals surface area contributed by atoms with E-state index in [1.54, 1.807) is 0 Å².